The van der Waals surface area contributed by atoms with Crippen LogP contribution in [0.5, 0.6) is 0 Å². The standard InChI is InChI=1S/C14H11ClF2N2O2/c15-11-3-1-10(14(5-11)19(20)21)8-18-7-9-2-4-12(16)6-13(9)17/h1-6,18H,7-8H2. The van der Waals surface area contributed by atoms with E-state index in [9.17, 15) is 18.9 Å². The summed E-state index contributed by atoms with van der Waals surface area (Å²) in [7, 11) is 0. The van der Waals surface area contributed by atoms with Crippen molar-refractivity contribution in [3.8, 4) is 0 Å². The van der Waals surface area contributed by atoms with Crippen LogP contribution < -0.4 is 5.32 Å². The summed E-state index contributed by atoms with van der Waals surface area (Å²) in [5.41, 5.74) is 0.620. The summed E-state index contributed by atoms with van der Waals surface area (Å²) in [4.78, 5) is 10.4. The molecule has 2 aromatic carbocycles. The van der Waals surface area contributed by atoms with E-state index in [0.717, 1.165) is 12.1 Å². The van der Waals surface area contributed by atoms with Gasteiger partial charge in [0.05, 0.1) is 4.92 Å². The molecular formula is C14H11ClF2N2O2. The van der Waals surface area contributed by atoms with Gasteiger partial charge in [-0.15, -0.1) is 0 Å². The fraction of sp³-hybridized carbons (Fsp3) is 0.143. The highest BCUT2D eigenvalue weighted by Gasteiger charge is 2.14. The zero-order valence-corrected chi connectivity index (χ0v) is 11.5. The minimum absolute atomic E-state index is 0.102. The van der Waals surface area contributed by atoms with Gasteiger partial charge in [-0.25, -0.2) is 8.78 Å². The van der Waals surface area contributed by atoms with E-state index in [2.05, 4.69) is 5.32 Å². The van der Waals surface area contributed by atoms with Gasteiger partial charge in [0.2, 0.25) is 0 Å². The van der Waals surface area contributed by atoms with Crippen LogP contribution in [0.1, 0.15) is 11.1 Å². The Morgan fingerprint density at radius 1 is 1.10 bits per heavy atom. The molecule has 0 amide bonds. The lowest BCUT2D eigenvalue weighted by Crippen LogP contribution is -2.14. The van der Waals surface area contributed by atoms with Crippen molar-refractivity contribution in [3.05, 3.63) is 74.3 Å². The normalized spacial score (nSPS) is 10.6. The van der Waals surface area contributed by atoms with Gasteiger partial charge in [0.1, 0.15) is 11.6 Å². The van der Waals surface area contributed by atoms with Crippen molar-refractivity contribution in [2.75, 3.05) is 0 Å². The third-order valence-electron chi connectivity index (χ3n) is 2.89. The summed E-state index contributed by atoms with van der Waals surface area (Å²) >= 11 is 5.72. The number of nitro groups is 1. The predicted octanol–water partition coefficient (Wildman–Crippen LogP) is 3.82. The van der Waals surface area contributed by atoms with E-state index in [0.29, 0.717) is 5.56 Å². The van der Waals surface area contributed by atoms with Gasteiger partial charge in [0.15, 0.2) is 0 Å². The molecule has 0 heterocycles. The minimum Gasteiger partial charge on any atom is -0.308 e. The largest absolute Gasteiger partial charge is 0.308 e. The van der Waals surface area contributed by atoms with E-state index < -0.39 is 16.6 Å². The summed E-state index contributed by atoms with van der Waals surface area (Å²) in [6, 6.07) is 7.62. The zero-order chi connectivity index (χ0) is 15.4. The quantitative estimate of drug-likeness (QED) is 0.674. The topological polar surface area (TPSA) is 55.2 Å². The maximum absolute atomic E-state index is 13.4. The molecule has 0 aromatic heterocycles. The van der Waals surface area contributed by atoms with E-state index >= 15 is 0 Å². The van der Waals surface area contributed by atoms with E-state index in [1.165, 1.54) is 18.2 Å². The van der Waals surface area contributed by atoms with Crippen molar-refractivity contribution >= 4 is 17.3 Å². The lowest BCUT2D eigenvalue weighted by molar-refractivity contribution is -0.385. The summed E-state index contributed by atoms with van der Waals surface area (Å²) in [5, 5.41) is 14.1. The Labute approximate surface area is 124 Å². The average molecular weight is 313 g/mol. The molecule has 0 bridgehead atoms. The lowest BCUT2D eigenvalue weighted by atomic mass is 10.1. The highest BCUT2D eigenvalue weighted by Crippen LogP contribution is 2.23. The number of nitro benzene ring substituents is 1. The number of hydrogen-bond acceptors (Lipinski definition) is 3. The molecule has 21 heavy (non-hydrogen) atoms. The Morgan fingerprint density at radius 2 is 1.76 bits per heavy atom. The van der Waals surface area contributed by atoms with Crippen LogP contribution in [0.15, 0.2) is 36.4 Å². The number of hydrogen-bond donors (Lipinski definition) is 1. The molecule has 0 aliphatic carbocycles. The first kappa shape index (κ1) is 15.3. The summed E-state index contributed by atoms with van der Waals surface area (Å²) in [6.07, 6.45) is 0. The summed E-state index contributed by atoms with van der Waals surface area (Å²) in [6.45, 7) is 0.302. The molecular weight excluding hydrogens is 302 g/mol. The molecule has 0 radical (unpaired) electrons. The minimum atomic E-state index is -0.659. The Morgan fingerprint density at radius 3 is 2.43 bits per heavy atom. The van der Waals surface area contributed by atoms with Crippen LogP contribution in [0.4, 0.5) is 14.5 Å². The van der Waals surface area contributed by atoms with Gasteiger partial charge in [-0.2, -0.15) is 0 Å². The third kappa shape index (κ3) is 3.96. The molecule has 0 saturated carbocycles. The fourth-order valence-electron chi connectivity index (χ4n) is 1.85. The van der Waals surface area contributed by atoms with Crippen LogP contribution in [-0.2, 0) is 13.1 Å². The van der Waals surface area contributed by atoms with E-state index in [-0.39, 0.29) is 29.4 Å². The van der Waals surface area contributed by atoms with Gasteiger partial charge < -0.3 is 5.32 Å². The Bertz CT molecular complexity index is 680. The van der Waals surface area contributed by atoms with Gasteiger partial charge in [-0.3, -0.25) is 10.1 Å². The molecule has 4 nitrogen and oxygen atoms in total. The average Bonchev–Trinajstić information content (AvgIpc) is 2.42. The molecule has 110 valence electrons. The molecule has 0 fully saturated rings. The third-order valence-corrected chi connectivity index (χ3v) is 3.13. The van der Waals surface area contributed by atoms with Crippen molar-refractivity contribution in [2.24, 2.45) is 0 Å². The molecule has 2 rings (SSSR count). The van der Waals surface area contributed by atoms with Crippen molar-refractivity contribution in [2.45, 2.75) is 13.1 Å². The Kier molecular flexibility index (Phi) is 4.82. The van der Waals surface area contributed by atoms with Crippen molar-refractivity contribution in [1.82, 2.24) is 5.32 Å². The van der Waals surface area contributed by atoms with E-state index in [4.69, 9.17) is 11.6 Å². The second kappa shape index (κ2) is 6.60. The number of halogens is 3. The first-order chi connectivity index (χ1) is 9.97. The van der Waals surface area contributed by atoms with Gasteiger partial charge in [-0.05, 0) is 18.2 Å². The van der Waals surface area contributed by atoms with Gasteiger partial charge in [0.25, 0.3) is 5.69 Å². The molecule has 0 aliphatic rings. The first-order valence-corrected chi connectivity index (χ1v) is 6.42. The van der Waals surface area contributed by atoms with Crippen LogP contribution in [0.3, 0.4) is 0 Å². The van der Waals surface area contributed by atoms with Crippen molar-refractivity contribution in [3.63, 3.8) is 0 Å². The Hall–Kier alpha value is -2.05. The predicted molar refractivity (Wildman–Crippen MR) is 75.0 cm³/mol. The summed E-state index contributed by atoms with van der Waals surface area (Å²) < 4.78 is 26.2. The molecule has 0 saturated heterocycles. The van der Waals surface area contributed by atoms with E-state index in [1.807, 2.05) is 0 Å². The number of nitrogens with one attached hydrogen (secondary N) is 1. The molecule has 0 spiro atoms. The van der Waals surface area contributed by atoms with Gasteiger partial charge in [0, 0.05) is 41.4 Å². The van der Waals surface area contributed by atoms with Crippen LogP contribution in [0.25, 0.3) is 0 Å². The molecule has 0 atom stereocenters. The number of rotatable bonds is 5. The summed E-state index contributed by atoms with van der Waals surface area (Å²) in [5.74, 6) is -1.31. The Balaban J connectivity index is 2.05. The van der Waals surface area contributed by atoms with Crippen LogP contribution in [0.2, 0.25) is 5.02 Å². The zero-order valence-electron chi connectivity index (χ0n) is 10.8. The van der Waals surface area contributed by atoms with Crippen LogP contribution >= 0.6 is 11.6 Å². The van der Waals surface area contributed by atoms with Gasteiger partial charge >= 0.3 is 0 Å². The second-order valence-electron chi connectivity index (χ2n) is 4.37. The molecule has 0 unspecified atom stereocenters. The second-order valence-corrected chi connectivity index (χ2v) is 4.81. The maximum Gasteiger partial charge on any atom is 0.275 e. The highest BCUT2D eigenvalue weighted by molar-refractivity contribution is 6.30. The van der Waals surface area contributed by atoms with Gasteiger partial charge in [-0.1, -0.05) is 17.7 Å². The van der Waals surface area contributed by atoms with Crippen molar-refractivity contribution < 1.29 is 13.7 Å². The van der Waals surface area contributed by atoms with E-state index in [1.54, 1.807) is 6.07 Å². The fourth-order valence-corrected chi connectivity index (χ4v) is 2.02. The number of benzene rings is 2. The maximum atomic E-state index is 13.4. The monoisotopic (exact) mass is 312 g/mol. The molecule has 2 aromatic rings. The molecule has 1 N–H and O–H groups in total. The highest BCUT2D eigenvalue weighted by atomic mass is 35.5. The first-order valence-electron chi connectivity index (χ1n) is 6.05. The molecule has 7 heteroatoms. The SMILES string of the molecule is O=[N+]([O-])c1cc(Cl)ccc1CNCc1ccc(F)cc1F. The lowest BCUT2D eigenvalue weighted by Gasteiger charge is -2.07. The van der Waals surface area contributed by atoms with Crippen LogP contribution in [-0.4, -0.2) is 4.92 Å². The molecule has 0 aliphatic heterocycles. The van der Waals surface area contributed by atoms with Crippen molar-refractivity contribution in [1.29, 1.82) is 0 Å². The number of nitrogens with zero attached hydrogens (tertiary/aromatic N) is 1. The van der Waals surface area contributed by atoms with Crippen LogP contribution in [0, 0.1) is 21.7 Å². The smallest absolute Gasteiger partial charge is 0.275 e.